The van der Waals surface area contributed by atoms with Crippen LogP contribution in [0.1, 0.15) is 26.3 Å². The lowest BCUT2D eigenvalue weighted by Crippen LogP contribution is -2.28. The third kappa shape index (κ3) is 6.17. The van der Waals surface area contributed by atoms with Gasteiger partial charge >= 0.3 is 11.9 Å². The van der Waals surface area contributed by atoms with Crippen molar-refractivity contribution in [2.75, 3.05) is 13.7 Å². The van der Waals surface area contributed by atoms with E-state index in [9.17, 15) is 14.4 Å². The van der Waals surface area contributed by atoms with Gasteiger partial charge in [0.2, 0.25) is 0 Å². The normalized spacial score (nSPS) is 10.1. The van der Waals surface area contributed by atoms with Crippen LogP contribution in [-0.2, 0) is 20.8 Å². The topological polar surface area (TPSA) is 90.9 Å². The Morgan fingerprint density at radius 1 is 0.806 bits per heavy atom. The van der Waals surface area contributed by atoms with Gasteiger partial charge in [0.25, 0.3) is 5.91 Å². The third-order valence-corrected chi connectivity index (χ3v) is 4.28. The number of rotatable bonds is 8. The third-order valence-electron chi connectivity index (χ3n) is 4.28. The van der Waals surface area contributed by atoms with Gasteiger partial charge < -0.3 is 19.5 Å². The van der Waals surface area contributed by atoms with Crippen LogP contribution in [0, 0.1) is 0 Å². The number of nitrogens with one attached hydrogen (secondary N) is 1. The molecule has 0 saturated heterocycles. The number of esters is 2. The predicted molar refractivity (Wildman–Crippen MR) is 113 cm³/mol. The molecule has 0 aromatic heterocycles. The van der Waals surface area contributed by atoms with Crippen LogP contribution in [0.15, 0.2) is 78.9 Å². The zero-order valence-corrected chi connectivity index (χ0v) is 16.9. The van der Waals surface area contributed by atoms with Crippen molar-refractivity contribution in [1.82, 2.24) is 5.32 Å². The second kappa shape index (κ2) is 10.6. The molecule has 3 aromatic carbocycles. The number of amides is 1. The van der Waals surface area contributed by atoms with Gasteiger partial charge in [0.05, 0.1) is 12.7 Å². The first-order valence-electron chi connectivity index (χ1n) is 9.50. The van der Waals surface area contributed by atoms with Crippen LogP contribution in [0.4, 0.5) is 0 Å². The molecule has 0 spiro atoms. The highest BCUT2D eigenvalue weighted by Gasteiger charge is 2.16. The van der Waals surface area contributed by atoms with E-state index in [-0.39, 0.29) is 12.1 Å². The largest absolute Gasteiger partial charge is 0.465 e. The van der Waals surface area contributed by atoms with Gasteiger partial charge in [-0.2, -0.15) is 0 Å². The minimum absolute atomic E-state index is 0.220. The van der Waals surface area contributed by atoms with Crippen molar-refractivity contribution in [2.45, 2.75) is 6.54 Å². The molecule has 0 heterocycles. The van der Waals surface area contributed by atoms with E-state index < -0.39 is 24.5 Å². The second-order valence-electron chi connectivity index (χ2n) is 6.45. The summed E-state index contributed by atoms with van der Waals surface area (Å²) in [7, 11) is 1.31. The molecule has 7 heteroatoms. The van der Waals surface area contributed by atoms with Crippen molar-refractivity contribution in [3.05, 3.63) is 95.6 Å². The standard InChI is InChI=1S/C24H21NO6/c1-29-23(27)18-13-11-17(12-14-18)15-25-22(26)16-30-24(28)20-9-5-6-10-21(20)31-19-7-3-2-4-8-19/h2-14H,15-16H2,1H3,(H,25,26). The van der Waals surface area contributed by atoms with E-state index in [0.717, 1.165) is 5.56 Å². The van der Waals surface area contributed by atoms with Crippen molar-refractivity contribution in [3.63, 3.8) is 0 Å². The maximum absolute atomic E-state index is 12.4. The molecule has 31 heavy (non-hydrogen) atoms. The van der Waals surface area contributed by atoms with Crippen LogP contribution >= 0.6 is 0 Å². The molecule has 158 valence electrons. The van der Waals surface area contributed by atoms with Crippen LogP contribution in [0.2, 0.25) is 0 Å². The molecule has 3 aromatic rings. The Labute approximate surface area is 179 Å². The summed E-state index contributed by atoms with van der Waals surface area (Å²) in [6.45, 7) is -0.204. The molecule has 0 atom stereocenters. The minimum atomic E-state index is -0.663. The molecule has 0 unspecified atom stereocenters. The first-order valence-corrected chi connectivity index (χ1v) is 9.50. The second-order valence-corrected chi connectivity index (χ2v) is 6.45. The van der Waals surface area contributed by atoms with E-state index in [4.69, 9.17) is 9.47 Å². The fourth-order valence-electron chi connectivity index (χ4n) is 2.68. The van der Waals surface area contributed by atoms with E-state index >= 15 is 0 Å². The van der Waals surface area contributed by atoms with Gasteiger partial charge in [-0.1, -0.05) is 42.5 Å². The van der Waals surface area contributed by atoms with Gasteiger partial charge in [0.1, 0.15) is 17.1 Å². The maximum Gasteiger partial charge on any atom is 0.342 e. The van der Waals surface area contributed by atoms with Crippen molar-refractivity contribution in [1.29, 1.82) is 0 Å². The quantitative estimate of drug-likeness (QED) is 0.560. The van der Waals surface area contributed by atoms with E-state index in [2.05, 4.69) is 10.1 Å². The molecule has 0 aliphatic carbocycles. The number of hydrogen-bond donors (Lipinski definition) is 1. The number of hydrogen-bond acceptors (Lipinski definition) is 6. The summed E-state index contributed by atoms with van der Waals surface area (Å²) in [6, 6.07) is 22.3. The summed E-state index contributed by atoms with van der Waals surface area (Å²) < 4.78 is 15.5. The van der Waals surface area contributed by atoms with Crippen molar-refractivity contribution in [3.8, 4) is 11.5 Å². The number of para-hydroxylation sites is 2. The van der Waals surface area contributed by atoms with Gasteiger partial charge in [-0.25, -0.2) is 9.59 Å². The Morgan fingerprint density at radius 2 is 1.48 bits per heavy atom. The summed E-state index contributed by atoms with van der Waals surface area (Å²) in [5.41, 5.74) is 1.43. The van der Waals surface area contributed by atoms with Gasteiger partial charge in [0.15, 0.2) is 6.61 Å². The molecule has 0 aliphatic rings. The Balaban J connectivity index is 1.51. The lowest BCUT2D eigenvalue weighted by molar-refractivity contribution is -0.124. The number of carbonyl (C=O) groups excluding carboxylic acids is 3. The number of carbonyl (C=O) groups is 3. The van der Waals surface area contributed by atoms with Crippen LogP contribution in [-0.4, -0.2) is 31.6 Å². The monoisotopic (exact) mass is 419 g/mol. The molecule has 0 radical (unpaired) electrons. The molecule has 3 rings (SSSR count). The maximum atomic E-state index is 12.4. The summed E-state index contributed by atoms with van der Waals surface area (Å²) in [6.07, 6.45) is 0. The first kappa shape index (κ1) is 21.6. The lowest BCUT2D eigenvalue weighted by atomic mass is 10.1. The SMILES string of the molecule is COC(=O)c1ccc(CNC(=O)COC(=O)c2ccccc2Oc2ccccc2)cc1. The molecule has 0 bridgehead atoms. The highest BCUT2D eigenvalue weighted by atomic mass is 16.5. The molecule has 7 nitrogen and oxygen atoms in total. The van der Waals surface area contributed by atoms with Crippen LogP contribution in [0.25, 0.3) is 0 Å². The zero-order chi connectivity index (χ0) is 22.1. The van der Waals surface area contributed by atoms with E-state index in [1.807, 2.05) is 18.2 Å². The molecular formula is C24H21NO6. The minimum Gasteiger partial charge on any atom is -0.465 e. The van der Waals surface area contributed by atoms with E-state index in [1.54, 1.807) is 60.7 Å². The zero-order valence-electron chi connectivity index (χ0n) is 16.9. The van der Waals surface area contributed by atoms with Crippen LogP contribution < -0.4 is 10.1 Å². The predicted octanol–water partition coefficient (Wildman–Crippen LogP) is 3.74. The van der Waals surface area contributed by atoms with Crippen LogP contribution in [0.5, 0.6) is 11.5 Å². The molecule has 1 N–H and O–H groups in total. The Hall–Kier alpha value is -4.13. The summed E-state index contributed by atoms with van der Waals surface area (Å²) in [4.78, 5) is 35.9. The molecule has 0 aliphatic heterocycles. The Morgan fingerprint density at radius 3 is 2.19 bits per heavy atom. The fraction of sp³-hybridized carbons (Fsp3) is 0.125. The van der Waals surface area contributed by atoms with Crippen molar-refractivity contribution in [2.24, 2.45) is 0 Å². The molecule has 1 amide bonds. The summed E-state index contributed by atoms with van der Waals surface area (Å²) in [5.74, 6) is -0.626. The Bertz CT molecular complexity index is 1050. The fourth-order valence-corrected chi connectivity index (χ4v) is 2.68. The summed E-state index contributed by atoms with van der Waals surface area (Å²) in [5, 5.41) is 2.66. The van der Waals surface area contributed by atoms with Gasteiger partial charge in [-0.05, 0) is 42.0 Å². The Kier molecular flexibility index (Phi) is 7.37. The van der Waals surface area contributed by atoms with Gasteiger partial charge in [0, 0.05) is 6.54 Å². The van der Waals surface area contributed by atoms with E-state index in [1.165, 1.54) is 7.11 Å². The van der Waals surface area contributed by atoms with Crippen molar-refractivity contribution < 1.29 is 28.6 Å². The lowest BCUT2D eigenvalue weighted by Gasteiger charge is -2.11. The highest BCUT2D eigenvalue weighted by Crippen LogP contribution is 2.25. The molecule has 0 fully saturated rings. The van der Waals surface area contributed by atoms with E-state index in [0.29, 0.717) is 17.1 Å². The number of methoxy groups -OCH3 is 1. The molecular weight excluding hydrogens is 398 g/mol. The van der Waals surface area contributed by atoms with Gasteiger partial charge in [-0.3, -0.25) is 4.79 Å². The van der Waals surface area contributed by atoms with Crippen LogP contribution in [0.3, 0.4) is 0 Å². The number of benzene rings is 3. The number of ether oxygens (including phenoxy) is 3. The average molecular weight is 419 g/mol. The molecule has 0 saturated carbocycles. The van der Waals surface area contributed by atoms with Crippen molar-refractivity contribution >= 4 is 17.8 Å². The smallest absolute Gasteiger partial charge is 0.342 e. The van der Waals surface area contributed by atoms with Gasteiger partial charge in [-0.15, -0.1) is 0 Å². The highest BCUT2D eigenvalue weighted by molar-refractivity contribution is 5.94. The first-order chi connectivity index (χ1) is 15.1. The average Bonchev–Trinajstić information content (AvgIpc) is 2.82. The summed E-state index contributed by atoms with van der Waals surface area (Å²) >= 11 is 0.